The molecule has 0 heterocycles. The summed E-state index contributed by atoms with van der Waals surface area (Å²) in [4.78, 5) is 3.44. The summed E-state index contributed by atoms with van der Waals surface area (Å²) in [5.41, 5.74) is 6.46. The summed E-state index contributed by atoms with van der Waals surface area (Å²) < 4.78 is 15.3. The number of benzene rings is 3. The Labute approximate surface area is 159 Å². The van der Waals surface area contributed by atoms with E-state index in [4.69, 9.17) is 6.57 Å². The van der Waals surface area contributed by atoms with Crippen molar-refractivity contribution in [2.45, 2.75) is 27.7 Å². The first kappa shape index (κ1) is 18.4. The standard InChI is InChI=1S/C24H19FN2/c1-14-8-6-9-15(2)21(14)18-12-19(22-16(3)10-7-11-17(22)4)24(27-5)23(25)20(18)13-26/h6-12H,1-4H3. The molecule has 3 aromatic rings. The highest BCUT2D eigenvalue weighted by atomic mass is 19.1. The smallest absolute Gasteiger partial charge is 0.231 e. The van der Waals surface area contributed by atoms with Crippen LogP contribution in [0.25, 0.3) is 27.1 Å². The van der Waals surface area contributed by atoms with Crippen molar-refractivity contribution in [2.24, 2.45) is 0 Å². The minimum absolute atomic E-state index is 0.0756. The first-order valence-electron chi connectivity index (χ1n) is 8.68. The van der Waals surface area contributed by atoms with Gasteiger partial charge in [0.05, 0.1) is 12.1 Å². The van der Waals surface area contributed by atoms with Crippen LogP contribution < -0.4 is 0 Å². The first-order chi connectivity index (χ1) is 12.9. The molecule has 0 saturated heterocycles. The Morgan fingerprint density at radius 2 is 1.30 bits per heavy atom. The molecule has 3 rings (SSSR count). The molecule has 0 amide bonds. The van der Waals surface area contributed by atoms with Gasteiger partial charge in [-0.1, -0.05) is 42.5 Å². The van der Waals surface area contributed by atoms with Gasteiger partial charge in [-0.2, -0.15) is 5.26 Å². The van der Waals surface area contributed by atoms with E-state index < -0.39 is 5.82 Å². The van der Waals surface area contributed by atoms with Crippen LogP contribution in [-0.2, 0) is 0 Å². The fraction of sp³-hybridized carbons (Fsp3) is 0.167. The van der Waals surface area contributed by atoms with Gasteiger partial charge in [0.15, 0.2) is 0 Å². The largest absolute Gasteiger partial charge is 0.234 e. The number of nitriles is 1. The lowest BCUT2D eigenvalue weighted by Gasteiger charge is -2.18. The van der Waals surface area contributed by atoms with Gasteiger partial charge in [0, 0.05) is 5.56 Å². The first-order valence-corrected chi connectivity index (χ1v) is 8.68. The lowest BCUT2D eigenvalue weighted by atomic mass is 9.87. The van der Waals surface area contributed by atoms with Crippen LogP contribution in [0.3, 0.4) is 0 Å². The van der Waals surface area contributed by atoms with Gasteiger partial charge in [-0.3, -0.25) is 0 Å². The summed E-state index contributed by atoms with van der Waals surface area (Å²) in [5.74, 6) is -0.745. The zero-order valence-electron chi connectivity index (χ0n) is 15.8. The molecule has 0 radical (unpaired) electrons. The summed E-state index contributed by atoms with van der Waals surface area (Å²) in [7, 11) is 0. The SMILES string of the molecule is [C-]#[N+]c1c(-c2c(C)cccc2C)cc(-c2c(C)cccc2C)c(C#N)c1F. The minimum atomic E-state index is -0.745. The molecule has 0 fully saturated rings. The highest BCUT2D eigenvalue weighted by Crippen LogP contribution is 2.43. The topological polar surface area (TPSA) is 28.1 Å². The van der Waals surface area contributed by atoms with Gasteiger partial charge in [0.1, 0.15) is 11.9 Å². The van der Waals surface area contributed by atoms with Gasteiger partial charge in [-0.05, 0) is 66.6 Å². The van der Waals surface area contributed by atoms with Crippen molar-refractivity contribution in [1.29, 1.82) is 5.26 Å². The van der Waals surface area contributed by atoms with E-state index in [0.717, 1.165) is 33.4 Å². The van der Waals surface area contributed by atoms with Crippen LogP contribution in [-0.4, -0.2) is 0 Å². The Kier molecular flexibility index (Phi) is 4.80. The molecule has 3 heteroatoms. The fourth-order valence-electron chi connectivity index (χ4n) is 3.72. The van der Waals surface area contributed by atoms with Crippen LogP contribution in [0.4, 0.5) is 10.1 Å². The molecule has 0 bridgehead atoms. The van der Waals surface area contributed by atoms with Gasteiger partial charge in [0.2, 0.25) is 5.69 Å². The van der Waals surface area contributed by atoms with Crippen LogP contribution in [0.15, 0.2) is 42.5 Å². The van der Waals surface area contributed by atoms with E-state index in [1.807, 2.05) is 70.2 Å². The van der Waals surface area contributed by atoms with Crippen molar-refractivity contribution in [2.75, 3.05) is 0 Å². The lowest BCUT2D eigenvalue weighted by Crippen LogP contribution is -1.98. The molecule has 3 aromatic carbocycles. The third kappa shape index (κ3) is 2.98. The normalized spacial score (nSPS) is 10.3. The van der Waals surface area contributed by atoms with E-state index in [0.29, 0.717) is 11.1 Å². The van der Waals surface area contributed by atoms with E-state index in [1.165, 1.54) is 0 Å². The predicted octanol–water partition coefficient (Wildman–Crippen LogP) is 6.82. The van der Waals surface area contributed by atoms with Crippen molar-refractivity contribution in [3.8, 4) is 28.3 Å². The molecule has 0 unspecified atom stereocenters. The summed E-state index contributed by atoms with van der Waals surface area (Å²) >= 11 is 0. The minimum Gasteiger partial charge on any atom is -0.234 e. The average molecular weight is 354 g/mol. The average Bonchev–Trinajstić information content (AvgIpc) is 2.61. The molecule has 0 atom stereocenters. The maximum Gasteiger partial charge on any atom is 0.231 e. The maximum absolute atomic E-state index is 15.3. The molecule has 132 valence electrons. The number of nitrogens with zero attached hydrogens (tertiary/aromatic N) is 2. The van der Waals surface area contributed by atoms with E-state index in [-0.39, 0.29) is 11.3 Å². The van der Waals surface area contributed by atoms with Crippen molar-refractivity contribution in [3.63, 3.8) is 0 Å². The Morgan fingerprint density at radius 3 is 1.70 bits per heavy atom. The second-order valence-electron chi connectivity index (χ2n) is 6.77. The van der Waals surface area contributed by atoms with Gasteiger partial charge >= 0.3 is 0 Å². The molecule has 0 aliphatic rings. The molecule has 2 nitrogen and oxygen atoms in total. The quantitative estimate of drug-likeness (QED) is 0.464. The lowest BCUT2D eigenvalue weighted by molar-refractivity contribution is 0.630. The number of aryl methyl sites for hydroxylation is 4. The van der Waals surface area contributed by atoms with E-state index >= 15 is 4.39 Å². The highest BCUT2D eigenvalue weighted by Gasteiger charge is 2.23. The third-order valence-electron chi connectivity index (χ3n) is 4.97. The molecule has 0 aliphatic carbocycles. The van der Waals surface area contributed by atoms with Crippen molar-refractivity contribution in [1.82, 2.24) is 0 Å². The second-order valence-corrected chi connectivity index (χ2v) is 6.77. The van der Waals surface area contributed by atoms with Crippen LogP contribution >= 0.6 is 0 Å². The molecule has 0 N–H and O–H groups in total. The molecule has 0 spiro atoms. The van der Waals surface area contributed by atoms with Crippen molar-refractivity contribution < 1.29 is 4.39 Å². The van der Waals surface area contributed by atoms with Gasteiger partial charge in [-0.25, -0.2) is 9.24 Å². The van der Waals surface area contributed by atoms with Gasteiger partial charge in [-0.15, -0.1) is 0 Å². The fourth-order valence-corrected chi connectivity index (χ4v) is 3.72. The maximum atomic E-state index is 15.3. The van der Waals surface area contributed by atoms with E-state index in [2.05, 4.69) is 4.85 Å². The molecule has 27 heavy (non-hydrogen) atoms. The zero-order valence-corrected chi connectivity index (χ0v) is 15.8. The van der Waals surface area contributed by atoms with Gasteiger partial charge < -0.3 is 0 Å². The molecular weight excluding hydrogens is 335 g/mol. The Hall–Kier alpha value is -3.43. The van der Waals surface area contributed by atoms with Crippen LogP contribution in [0.5, 0.6) is 0 Å². The predicted molar refractivity (Wildman–Crippen MR) is 107 cm³/mol. The zero-order chi connectivity index (χ0) is 19.7. The van der Waals surface area contributed by atoms with Gasteiger partial charge in [0.25, 0.3) is 0 Å². The molecule has 0 aromatic heterocycles. The third-order valence-corrected chi connectivity index (χ3v) is 4.97. The number of hydrogen-bond donors (Lipinski definition) is 0. The van der Waals surface area contributed by atoms with E-state index in [1.54, 1.807) is 6.07 Å². The Balaban J connectivity index is 2.50. The van der Waals surface area contributed by atoms with Crippen LogP contribution in [0.1, 0.15) is 27.8 Å². The van der Waals surface area contributed by atoms with Crippen molar-refractivity contribution >= 4 is 5.69 Å². The summed E-state index contributed by atoms with van der Waals surface area (Å²) in [6.07, 6.45) is 0. The Bertz CT molecular complexity index is 1020. The monoisotopic (exact) mass is 354 g/mol. The molecular formula is C24H19FN2. The molecule has 0 aliphatic heterocycles. The van der Waals surface area contributed by atoms with Crippen LogP contribution in [0.2, 0.25) is 0 Å². The summed E-state index contributed by atoms with van der Waals surface area (Å²) in [6, 6.07) is 15.5. The second kappa shape index (κ2) is 7.06. The van der Waals surface area contributed by atoms with Crippen LogP contribution in [0, 0.1) is 51.4 Å². The summed E-state index contributed by atoms with van der Waals surface area (Å²) in [5, 5.41) is 9.64. The highest BCUT2D eigenvalue weighted by molar-refractivity contribution is 5.90. The molecule has 0 saturated carbocycles. The Morgan fingerprint density at radius 1 is 0.852 bits per heavy atom. The number of rotatable bonds is 2. The number of halogens is 1. The summed E-state index contributed by atoms with van der Waals surface area (Å²) in [6.45, 7) is 15.3. The van der Waals surface area contributed by atoms with E-state index in [9.17, 15) is 5.26 Å². The number of hydrogen-bond acceptors (Lipinski definition) is 1. The van der Waals surface area contributed by atoms with Crippen molar-refractivity contribution in [3.05, 3.63) is 87.5 Å².